The first-order chi connectivity index (χ1) is 9.28. The molecule has 0 aliphatic heterocycles. The summed E-state index contributed by atoms with van der Waals surface area (Å²) >= 11 is 0. The van der Waals surface area contributed by atoms with E-state index in [4.69, 9.17) is 9.68 Å². The first kappa shape index (κ1) is 12.9. The van der Waals surface area contributed by atoms with Crippen molar-refractivity contribution in [3.8, 4) is 17.9 Å². The molecule has 0 N–H and O–H groups in total. The lowest BCUT2D eigenvalue weighted by molar-refractivity contribution is 0.463. The molecule has 0 aliphatic carbocycles. The molecule has 4 heteroatoms. The maximum Gasteiger partial charge on any atom is 0.216 e. The Morgan fingerprint density at radius 1 is 1.26 bits per heavy atom. The zero-order valence-electron chi connectivity index (χ0n) is 10.7. The summed E-state index contributed by atoms with van der Waals surface area (Å²) in [5, 5.41) is 16.5. The quantitative estimate of drug-likeness (QED) is 0.621. The zero-order valence-corrected chi connectivity index (χ0v) is 10.7. The molecule has 0 unspecified atom stereocenters. The Kier molecular flexibility index (Phi) is 4.31. The molecule has 0 saturated carbocycles. The van der Waals surface area contributed by atoms with Crippen LogP contribution >= 0.6 is 0 Å². The fraction of sp³-hybridized carbons (Fsp3) is 0.267. The number of aromatic nitrogens is 2. The molecule has 0 fully saturated rings. The molecule has 1 heterocycles. The Hall–Kier alpha value is -2.59. The minimum absolute atomic E-state index is 0.592. The summed E-state index contributed by atoms with van der Waals surface area (Å²) in [6.45, 7) is 1.78. The molecule has 2 aromatic rings. The van der Waals surface area contributed by atoms with Crippen molar-refractivity contribution in [2.45, 2.75) is 26.2 Å². The molecular weight excluding hydrogens is 238 g/mol. The van der Waals surface area contributed by atoms with Crippen molar-refractivity contribution in [3.63, 3.8) is 0 Å². The van der Waals surface area contributed by atoms with E-state index in [2.05, 4.69) is 28.1 Å². The van der Waals surface area contributed by atoms with Gasteiger partial charge in [0.05, 0.1) is 11.6 Å². The summed E-state index contributed by atoms with van der Waals surface area (Å²) in [6.07, 6.45) is 2.39. The molecule has 0 bridgehead atoms. The molecule has 0 spiro atoms. The molecule has 4 nitrogen and oxygen atoms in total. The monoisotopic (exact) mass is 251 g/mol. The average molecular weight is 251 g/mol. The fourth-order valence-corrected chi connectivity index (χ4v) is 1.60. The van der Waals surface area contributed by atoms with Gasteiger partial charge in [-0.25, -0.2) is 0 Å². The maximum absolute atomic E-state index is 8.78. The van der Waals surface area contributed by atoms with E-state index in [0.29, 0.717) is 17.3 Å². The standard InChI is InChI=1S/C15H13N3O/c1-12-17-18-15(19-12)9-4-2-3-6-13-7-5-8-14(10-13)11-16/h5,7-8,10H,2,4,9H2,1H3. The van der Waals surface area contributed by atoms with E-state index < -0.39 is 0 Å². The van der Waals surface area contributed by atoms with Gasteiger partial charge in [-0.3, -0.25) is 0 Å². The number of nitrogens with zero attached hydrogens (tertiary/aromatic N) is 3. The molecule has 1 aromatic carbocycles. The van der Waals surface area contributed by atoms with Gasteiger partial charge in [-0.1, -0.05) is 17.9 Å². The van der Waals surface area contributed by atoms with Gasteiger partial charge in [0, 0.05) is 25.3 Å². The first-order valence-corrected chi connectivity index (χ1v) is 6.06. The smallest absolute Gasteiger partial charge is 0.216 e. The van der Waals surface area contributed by atoms with Gasteiger partial charge in [0.2, 0.25) is 11.8 Å². The van der Waals surface area contributed by atoms with E-state index in [9.17, 15) is 0 Å². The lowest BCUT2D eigenvalue weighted by Crippen LogP contribution is -1.84. The van der Waals surface area contributed by atoms with Gasteiger partial charge in [0.1, 0.15) is 0 Å². The van der Waals surface area contributed by atoms with Crippen LogP contribution in [0.15, 0.2) is 28.7 Å². The summed E-state index contributed by atoms with van der Waals surface area (Å²) < 4.78 is 5.27. The molecule has 19 heavy (non-hydrogen) atoms. The number of hydrogen-bond acceptors (Lipinski definition) is 4. The van der Waals surface area contributed by atoms with Crippen LogP contribution in [0.4, 0.5) is 0 Å². The summed E-state index contributed by atoms with van der Waals surface area (Å²) in [5.41, 5.74) is 1.50. The third kappa shape index (κ3) is 3.97. The highest BCUT2D eigenvalue weighted by Crippen LogP contribution is 2.04. The van der Waals surface area contributed by atoms with Crippen LogP contribution in [0.25, 0.3) is 0 Å². The van der Waals surface area contributed by atoms with Crippen LogP contribution in [-0.4, -0.2) is 10.2 Å². The Morgan fingerprint density at radius 2 is 2.11 bits per heavy atom. The van der Waals surface area contributed by atoms with Gasteiger partial charge in [0.25, 0.3) is 0 Å². The Morgan fingerprint density at radius 3 is 2.84 bits per heavy atom. The maximum atomic E-state index is 8.78. The molecule has 0 atom stereocenters. The second-order valence-corrected chi connectivity index (χ2v) is 4.06. The number of rotatable bonds is 3. The summed E-state index contributed by atoms with van der Waals surface area (Å²) in [7, 11) is 0. The molecule has 0 aliphatic rings. The number of hydrogen-bond donors (Lipinski definition) is 0. The van der Waals surface area contributed by atoms with Crippen molar-refractivity contribution in [2.24, 2.45) is 0 Å². The van der Waals surface area contributed by atoms with Gasteiger partial charge < -0.3 is 4.42 Å². The van der Waals surface area contributed by atoms with Gasteiger partial charge in [-0.15, -0.1) is 10.2 Å². The van der Waals surface area contributed by atoms with Crippen LogP contribution in [0.2, 0.25) is 0 Å². The van der Waals surface area contributed by atoms with Gasteiger partial charge in [-0.2, -0.15) is 5.26 Å². The molecule has 1 aromatic heterocycles. The Bertz CT molecular complexity index is 656. The SMILES string of the molecule is Cc1nnc(CCCC#Cc2cccc(C#N)c2)o1. The summed E-state index contributed by atoms with van der Waals surface area (Å²) in [5.74, 6) is 7.37. The third-order valence-electron chi connectivity index (χ3n) is 2.48. The molecular formula is C15H13N3O. The summed E-state index contributed by atoms with van der Waals surface area (Å²) in [6, 6.07) is 9.39. The van der Waals surface area contributed by atoms with Gasteiger partial charge in [0.15, 0.2) is 0 Å². The molecule has 0 radical (unpaired) electrons. The van der Waals surface area contributed by atoms with E-state index in [1.807, 2.05) is 12.1 Å². The minimum Gasteiger partial charge on any atom is -0.426 e. The van der Waals surface area contributed by atoms with Crippen molar-refractivity contribution in [1.29, 1.82) is 5.26 Å². The predicted octanol–water partition coefficient (Wildman–Crippen LogP) is 2.62. The van der Waals surface area contributed by atoms with Crippen molar-refractivity contribution in [3.05, 3.63) is 47.2 Å². The molecule has 0 saturated heterocycles. The Labute approximate surface area is 112 Å². The summed E-state index contributed by atoms with van der Waals surface area (Å²) in [4.78, 5) is 0. The zero-order chi connectivity index (χ0) is 13.5. The average Bonchev–Trinajstić information content (AvgIpc) is 2.84. The van der Waals surface area contributed by atoms with E-state index >= 15 is 0 Å². The van der Waals surface area contributed by atoms with Crippen molar-refractivity contribution in [1.82, 2.24) is 10.2 Å². The molecule has 94 valence electrons. The van der Waals surface area contributed by atoms with E-state index in [1.165, 1.54) is 0 Å². The first-order valence-electron chi connectivity index (χ1n) is 6.06. The Balaban J connectivity index is 1.83. The largest absolute Gasteiger partial charge is 0.426 e. The highest BCUT2D eigenvalue weighted by molar-refractivity contribution is 5.41. The molecule has 2 rings (SSSR count). The second kappa shape index (κ2) is 6.37. The van der Waals surface area contributed by atoms with E-state index in [0.717, 1.165) is 24.8 Å². The number of aryl methyl sites for hydroxylation is 2. The van der Waals surface area contributed by atoms with Crippen LogP contribution in [0.5, 0.6) is 0 Å². The van der Waals surface area contributed by atoms with Crippen molar-refractivity contribution < 1.29 is 4.42 Å². The third-order valence-corrected chi connectivity index (χ3v) is 2.48. The number of nitriles is 1. The van der Waals surface area contributed by atoms with Crippen LogP contribution in [0.1, 0.15) is 35.7 Å². The number of benzene rings is 1. The van der Waals surface area contributed by atoms with Crippen molar-refractivity contribution in [2.75, 3.05) is 0 Å². The fourth-order valence-electron chi connectivity index (χ4n) is 1.60. The van der Waals surface area contributed by atoms with Gasteiger partial charge in [-0.05, 0) is 24.6 Å². The lowest BCUT2D eigenvalue weighted by Gasteiger charge is -1.91. The topological polar surface area (TPSA) is 62.7 Å². The van der Waals surface area contributed by atoms with E-state index in [-0.39, 0.29) is 0 Å². The lowest BCUT2D eigenvalue weighted by atomic mass is 10.1. The predicted molar refractivity (Wildman–Crippen MR) is 70.0 cm³/mol. The van der Waals surface area contributed by atoms with Gasteiger partial charge >= 0.3 is 0 Å². The van der Waals surface area contributed by atoms with Crippen LogP contribution < -0.4 is 0 Å². The highest BCUT2D eigenvalue weighted by Gasteiger charge is 2.00. The normalized spacial score (nSPS) is 9.47. The van der Waals surface area contributed by atoms with E-state index in [1.54, 1.807) is 19.1 Å². The van der Waals surface area contributed by atoms with Crippen LogP contribution in [0, 0.1) is 30.1 Å². The highest BCUT2D eigenvalue weighted by atomic mass is 16.4. The second-order valence-electron chi connectivity index (χ2n) is 4.06. The van der Waals surface area contributed by atoms with Crippen LogP contribution in [0.3, 0.4) is 0 Å². The minimum atomic E-state index is 0.592. The van der Waals surface area contributed by atoms with Crippen LogP contribution in [-0.2, 0) is 6.42 Å². The van der Waals surface area contributed by atoms with Crippen molar-refractivity contribution >= 4 is 0 Å². The number of unbranched alkanes of at least 4 members (excludes halogenated alkanes) is 1. The molecule has 0 amide bonds.